The van der Waals surface area contributed by atoms with Gasteiger partial charge >= 0.3 is 0 Å². The first-order valence-electron chi connectivity index (χ1n) is 8.68. The Kier molecular flexibility index (Phi) is 3.89. The van der Waals surface area contributed by atoms with Crippen molar-refractivity contribution in [1.29, 1.82) is 0 Å². The molecule has 1 fully saturated rings. The van der Waals surface area contributed by atoms with Gasteiger partial charge in [-0.15, -0.1) is 0 Å². The summed E-state index contributed by atoms with van der Waals surface area (Å²) in [7, 11) is 0. The van der Waals surface area contributed by atoms with E-state index in [1.165, 1.54) is 19.3 Å². The maximum Gasteiger partial charge on any atom is 0.251 e. The highest BCUT2D eigenvalue weighted by Crippen LogP contribution is 2.24. The van der Waals surface area contributed by atoms with Gasteiger partial charge in [0.05, 0.1) is 22.1 Å². The molecule has 2 aromatic carbocycles. The fourth-order valence-corrected chi connectivity index (χ4v) is 3.54. The molecule has 1 amide bonds. The van der Waals surface area contributed by atoms with Crippen LogP contribution < -0.4 is 5.32 Å². The van der Waals surface area contributed by atoms with Gasteiger partial charge in [0.1, 0.15) is 0 Å². The summed E-state index contributed by atoms with van der Waals surface area (Å²) in [6.07, 6.45) is 4.74. The number of fused-ring (bicyclic) bond motifs is 2. The summed E-state index contributed by atoms with van der Waals surface area (Å²) >= 11 is 0. The molecule has 4 nitrogen and oxygen atoms in total. The molecule has 4 rings (SSSR count). The van der Waals surface area contributed by atoms with Gasteiger partial charge in [-0.2, -0.15) is 0 Å². The van der Waals surface area contributed by atoms with Crippen molar-refractivity contribution >= 4 is 28.0 Å². The van der Waals surface area contributed by atoms with Crippen LogP contribution in [0.1, 0.15) is 43.0 Å². The van der Waals surface area contributed by atoms with Crippen molar-refractivity contribution in [2.75, 3.05) is 0 Å². The SMILES string of the molecule is CC1CCCCC1NC(=O)c1ccc2nc3ccccc3nc2c1. The highest BCUT2D eigenvalue weighted by Gasteiger charge is 2.23. The van der Waals surface area contributed by atoms with Gasteiger partial charge in [0.25, 0.3) is 5.91 Å². The zero-order valence-electron chi connectivity index (χ0n) is 13.8. The predicted octanol–water partition coefficient (Wildman–Crippen LogP) is 4.09. The van der Waals surface area contributed by atoms with Gasteiger partial charge in [0.2, 0.25) is 0 Å². The van der Waals surface area contributed by atoms with Crippen LogP contribution in [0, 0.1) is 5.92 Å². The van der Waals surface area contributed by atoms with Gasteiger partial charge in [-0.05, 0) is 49.1 Å². The molecule has 0 radical (unpaired) electrons. The Balaban J connectivity index is 1.64. The number of carbonyl (C=O) groups excluding carboxylic acids is 1. The first kappa shape index (κ1) is 15.1. The van der Waals surface area contributed by atoms with Gasteiger partial charge < -0.3 is 5.32 Å². The number of benzene rings is 2. The number of hydrogen-bond donors (Lipinski definition) is 1. The maximum atomic E-state index is 12.6. The molecule has 1 aliphatic carbocycles. The van der Waals surface area contributed by atoms with Crippen molar-refractivity contribution in [3.63, 3.8) is 0 Å². The number of rotatable bonds is 2. The van der Waals surface area contributed by atoms with Crippen molar-refractivity contribution in [3.8, 4) is 0 Å². The summed E-state index contributed by atoms with van der Waals surface area (Å²) in [5.74, 6) is 0.539. The third-order valence-electron chi connectivity index (χ3n) is 5.03. The minimum absolute atomic E-state index is 0.00870. The van der Waals surface area contributed by atoms with E-state index in [0.29, 0.717) is 11.5 Å². The van der Waals surface area contributed by atoms with Crippen molar-refractivity contribution in [3.05, 3.63) is 48.0 Å². The molecular formula is C20H21N3O. The van der Waals surface area contributed by atoms with Crippen LogP contribution >= 0.6 is 0 Å². The van der Waals surface area contributed by atoms with E-state index < -0.39 is 0 Å². The lowest BCUT2D eigenvalue weighted by Gasteiger charge is -2.29. The molecule has 24 heavy (non-hydrogen) atoms. The molecule has 1 aliphatic rings. The number of hydrogen-bond acceptors (Lipinski definition) is 3. The second-order valence-corrected chi connectivity index (χ2v) is 6.76. The first-order valence-corrected chi connectivity index (χ1v) is 8.68. The second kappa shape index (κ2) is 6.19. The quantitative estimate of drug-likeness (QED) is 0.724. The van der Waals surface area contributed by atoms with Crippen molar-refractivity contribution in [1.82, 2.24) is 15.3 Å². The first-order chi connectivity index (χ1) is 11.7. The lowest BCUT2D eigenvalue weighted by molar-refractivity contribution is 0.0910. The Morgan fingerprint density at radius 2 is 1.62 bits per heavy atom. The molecule has 1 aromatic heterocycles. The summed E-state index contributed by atoms with van der Waals surface area (Å²) in [6.45, 7) is 2.22. The molecule has 1 saturated carbocycles. The van der Waals surface area contributed by atoms with Crippen molar-refractivity contribution < 1.29 is 4.79 Å². The molecule has 0 spiro atoms. The van der Waals surface area contributed by atoms with Crippen LogP contribution in [0.15, 0.2) is 42.5 Å². The molecule has 2 atom stereocenters. The van der Waals surface area contributed by atoms with E-state index >= 15 is 0 Å². The van der Waals surface area contributed by atoms with Gasteiger partial charge in [0.15, 0.2) is 0 Å². The number of nitrogens with one attached hydrogen (secondary N) is 1. The van der Waals surface area contributed by atoms with Crippen LogP contribution in [0.25, 0.3) is 22.1 Å². The largest absolute Gasteiger partial charge is 0.349 e. The third-order valence-corrected chi connectivity index (χ3v) is 5.03. The van der Waals surface area contributed by atoms with E-state index in [0.717, 1.165) is 28.5 Å². The second-order valence-electron chi connectivity index (χ2n) is 6.76. The summed E-state index contributed by atoms with van der Waals surface area (Å²) in [6, 6.07) is 13.6. The Labute approximate surface area is 141 Å². The van der Waals surface area contributed by atoms with Crippen molar-refractivity contribution in [2.24, 2.45) is 5.92 Å². The standard InChI is InChI=1S/C20H21N3O/c1-13-6-2-3-7-15(13)23-20(24)14-10-11-18-19(12-14)22-17-9-5-4-8-16(17)21-18/h4-5,8-13,15H,2-3,6-7H2,1H3,(H,23,24). The minimum Gasteiger partial charge on any atom is -0.349 e. The monoisotopic (exact) mass is 319 g/mol. The summed E-state index contributed by atoms with van der Waals surface area (Å²) in [4.78, 5) is 21.9. The number of carbonyl (C=O) groups is 1. The number of amides is 1. The van der Waals surface area contributed by atoms with Crippen LogP contribution in [-0.4, -0.2) is 21.9 Å². The van der Waals surface area contributed by atoms with Gasteiger partial charge in [-0.3, -0.25) is 4.79 Å². The summed E-state index contributed by atoms with van der Waals surface area (Å²) in [5, 5.41) is 3.20. The predicted molar refractivity (Wildman–Crippen MR) is 95.9 cm³/mol. The fraction of sp³-hybridized carbons (Fsp3) is 0.350. The zero-order chi connectivity index (χ0) is 16.5. The van der Waals surface area contributed by atoms with Crippen LogP contribution in [0.5, 0.6) is 0 Å². The zero-order valence-corrected chi connectivity index (χ0v) is 13.8. The van der Waals surface area contributed by atoms with E-state index in [-0.39, 0.29) is 11.9 Å². The Morgan fingerprint density at radius 3 is 2.38 bits per heavy atom. The van der Waals surface area contributed by atoms with Crippen molar-refractivity contribution in [2.45, 2.75) is 38.6 Å². The van der Waals surface area contributed by atoms with E-state index in [9.17, 15) is 4.79 Å². The van der Waals surface area contributed by atoms with E-state index in [1.807, 2.05) is 42.5 Å². The van der Waals surface area contributed by atoms with Gasteiger partial charge in [0, 0.05) is 11.6 Å². The topological polar surface area (TPSA) is 54.9 Å². The molecule has 0 bridgehead atoms. The Hall–Kier alpha value is -2.49. The fourth-order valence-electron chi connectivity index (χ4n) is 3.54. The van der Waals surface area contributed by atoms with Crippen LogP contribution in [-0.2, 0) is 0 Å². The maximum absolute atomic E-state index is 12.6. The number of para-hydroxylation sites is 2. The molecule has 2 unspecified atom stereocenters. The molecular weight excluding hydrogens is 298 g/mol. The smallest absolute Gasteiger partial charge is 0.251 e. The van der Waals surface area contributed by atoms with E-state index in [1.54, 1.807) is 0 Å². The number of nitrogens with zero attached hydrogens (tertiary/aromatic N) is 2. The average Bonchev–Trinajstić information content (AvgIpc) is 2.61. The molecule has 0 saturated heterocycles. The molecule has 3 aromatic rings. The Morgan fingerprint density at radius 1 is 0.958 bits per heavy atom. The summed E-state index contributed by atoms with van der Waals surface area (Å²) in [5.41, 5.74) is 3.96. The molecule has 122 valence electrons. The minimum atomic E-state index is -0.00870. The average molecular weight is 319 g/mol. The normalized spacial score (nSPS) is 21.0. The number of aromatic nitrogens is 2. The van der Waals surface area contributed by atoms with Gasteiger partial charge in [-0.1, -0.05) is 31.9 Å². The van der Waals surface area contributed by atoms with Crippen LogP contribution in [0.4, 0.5) is 0 Å². The van der Waals surface area contributed by atoms with Crippen LogP contribution in [0.3, 0.4) is 0 Å². The van der Waals surface area contributed by atoms with E-state index in [2.05, 4.69) is 22.2 Å². The van der Waals surface area contributed by atoms with E-state index in [4.69, 9.17) is 0 Å². The van der Waals surface area contributed by atoms with Crippen LogP contribution in [0.2, 0.25) is 0 Å². The molecule has 1 N–H and O–H groups in total. The third kappa shape index (κ3) is 2.84. The Bertz CT molecular complexity index is 906. The van der Waals surface area contributed by atoms with Gasteiger partial charge in [-0.25, -0.2) is 9.97 Å². The summed E-state index contributed by atoms with van der Waals surface area (Å²) < 4.78 is 0. The molecule has 0 aliphatic heterocycles. The highest BCUT2D eigenvalue weighted by atomic mass is 16.1. The lowest BCUT2D eigenvalue weighted by atomic mass is 9.86. The highest BCUT2D eigenvalue weighted by molar-refractivity contribution is 5.98. The lowest BCUT2D eigenvalue weighted by Crippen LogP contribution is -2.41. The molecule has 1 heterocycles. The molecule has 4 heteroatoms.